The molecule has 1 unspecified atom stereocenters. The van der Waals surface area contributed by atoms with Gasteiger partial charge in [0, 0.05) is 30.1 Å². The van der Waals surface area contributed by atoms with Crippen molar-refractivity contribution in [1.29, 1.82) is 0 Å². The lowest BCUT2D eigenvalue weighted by Gasteiger charge is -2.25. The number of unbranched alkanes of at least 4 members (excludes halogenated alkanes) is 2. The van der Waals surface area contributed by atoms with Crippen molar-refractivity contribution in [3.05, 3.63) is 89.5 Å². The molecule has 1 atom stereocenters. The van der Waals surface area contributed by atoms with Crippen molar-refractivity contribution in [3.63, 3.8) is 0 Å². The van der Waals surface area contributed by atoms with Crippen molar-refractivity contribution in [3.8, 4) is 16.9 Å². The number of aliphatic carboxylic acids is 1. The van der Waals surface area contributed by atoms with Gasteiger partial charge in [0.25, 0.3) is 5.91 Å². The molecule has 1 aliphatic carbocycles. The number of ether oxygens (including phenoxy) is 1. The highest BCUT2D eigenvalue weighted by Gasteiger charge is 2.34. The Kier molecular flexibility index (Phi) is 7.74. The summed E-state index contributed by atoms with van der Waals surface area (Å²) in [6.45, 7) is 1.52. The van der Waals surface area contributed by atoms with E-state index in [1.165, 1.54) is 0 Å². The van der Waals surface area contributed by atoms with E-state index in [2.05, 4.69) is 12.1 Å². The van der Waals surface area contributed by atoms with Gasteiger partial charge >= 0.3 is 5.97 Å². The summed E-state index contributed by atoms with van der Waals surface area (Å²) < 4.78 is 15.0. The number of hydrogen-bond acceptors (Lipinski definition) is 3. The van der Waals surface area contributed by atoms with Crippen molar-refractivity contribution >= 4 is 11.9 Å². The second kappa shape index (κ2) is 11.7. The molecule has 1 saturated carbocycles. The van der Waals surface area contributed by atoms with Gasteiger partial charge in [0.05, 0.1) is 7.98 Å². The Balaban J connectivity index is 1.49. The number of hydrogen-bond donors (Lipinski definition) is 1. The van der Waals surface area contributed by atoms with Crippen LogP contribution in [0.25, 0.3) is 11.1 Å². The van der Waals surface area contributed by atoms with E-state index < -0.39 is 12.5 Å². The Bertz CT molecular complexity index is 1190. The third-order valence-corrected chi connectivity index (χ3v) is 6.23. The van der Waals surface area contributed by atoms with Crippen LogP contribution in [0.5, 0.6) is 5.75 Å². The third kappa shape index (κ3) is 6.72. The molecule has 0 heterocycles. The fourth-order valence-corrected chi connectivity index (χ4v) is 4.14. The Morgan fingerprint density at radius 1 is 0.971 bits per heavy atom. The Morgan fingerprint density at radius 2 is 1.71 bits per heavy atom. The first-order valence-corrected chi connectivity index (χ1v) is 12.3. The molecule has 3 aromatic rings. The predicted molar refractivity (Wildman–Crippen MR) is 138 cm³/mol. The van der Waals surface area contributed by atoms with E-state index in [1.54, 1.807) is 4.90 Å². The molecule has 1 fully saturated rings. The first-order chi connectivity index (χ1) is 17.5. The molecule has 5 heteroatoms. The van der Waals surface area contributed by atoms with Crippen LogP contribution in [0.4, 0.5) is 0 Å². The van der Waals surface area contributed by atoms with Crippen LogP contribution in [0.15, 0.2) is 72.8 Å². The standard InChI is InChI=1S/C30H33NO4/c1-22-20-24(23-10-4-2-5-11-23)15-18-27(22)30(34)31(26-16-17-26)21-25-12-7-8-13-28(25)35-19-9-3-6-14-29(32)33/h2,4-5,7-8,10-13,15,18,20,26H,3,6,9,14,16-17,19,21H2,1H3,(H,32,33)/i21D. The highest BCUT2D eigenvalue weighted by molar-refractivity contribution is 5.96. The van der Waals surface area contributed by atoms with Crippen LogP contribution < -0.4 is 4.74 Å². The highest BCUT2D eigenvalue weighted by atomic mass is 16.5. The van der Waals surface area contributed by atoms with Crippen LogP contribution in [-0.4, -0.2) is 34.5 Å². The number of aryl methyl sites for hydroxylation is 1. The van der Waals surface area contributed by atoms with E-state index in [1.807, 2.05) is 67.6 Å². The molecule has 0 radical (unpaired) electrons. The fourth-order valence-electron chi connectivity index (χ4n) is 4.14. The number of benzene rings is 3. The van der Waals surface area contributed by atoms with E-state index in [0.29, 0.717) is 29.9 Å². The van der Waals surface area contributed by atoms with Gasteiger partial charge < -0.3 is 14.7 Å². The quantitative estimate of drug-likeness (QED) is 0.306. The Hall–Kier alpha value is -3.60. The summed E-state index contributed by atoms with van der Waals surface area (Å²) in [6, 6.07) is 23.4. The normalized spacial score (nSPS) is 14.1. The molecular formula is C30H33NO4. The maximum absolute atomic E-state index is 13.7. The molecule has 35 heavy (non-hydrogen) atoms. The minimum Gasteiger partial charge on any atom is -0.493 e. The lowest BCUT2D eigenvalue weighted by atomic mass is 9.99. The van der Waals surface area contributed by atoms with Gasteiger partial charge in [-0.25, -0.2) is 0 Å². The van der Waals surface area contributed by atoms with E-state index in [4.69, 9.17) is 11.2 Å². The summed E-state index contributed by atoms with van der Waals surface area (Å²) in [6.07, 6.45) is 4.08. The first kappa shape index (κ1) is 23.2. The number of carbonyl (C=O) groups excluding carboxylic acids is 1. The maximum atomic E-state index is 13.7. The second-order valence-corrected chi connectivity index (χ2v) is 9.06. The zero-order valence-electron chi connectivity index (χ0n) is 21.2. The number of nitrogens with zero attached hydrogens (tertiary/aromatic N) is 1. The van der Waals surface area contributed by atoms with Crippen molar-refractivity contribution in [2.45, 2.75) is 58.0 Å². The highest BCUT2D eigenvalue weighted by Crippen LogP contribution is 2.33. The first-order valence-electron chi connectivity index (χ1n) is 12.9. The van der Waals surface area contributed by atoms with E-state index in [0.717, 1.165) is 42.4 Å². The van der Waals surface area contributed by atoms with Gasteiger partial charge in [0.15, 0.2) is 0 Å². The molecule has 0 saturated heterocycles. The maximum Gasteiger partial charge on any atom is 0.303 e. The van der Waals surface area contributed by atoms with E-state index in [-0.39, 0.29) is 18.4 Å². The summed E-state index contributed by atoms with van der Waals surface area (Å²) >= 11 is 0. The SMILES string of the molecule is [2H]C(c1ccccc1OCCCCCC(=O)O)N(C(=O)c1ccc(-c2ccccc2)cc1C)C1CC1. The molecule has 0 bridgehead atoms. The Labute approximate surface area is 208 Å². The van der Waals surface area contributed by atoms with Crippen molar-refractivity contribution in [1.82, 2.24) is 4.90 Å². The third-order valence-electron chi connectivity index (χ3n) is 6.23. The molecule has 3 aromatic carbocycles. The summed E-state index contributed by atoms with van der Waals surface area (Å²) in [5.74, 6) is -0.309. The van der Waals surface area contributed by atoms with Gasteiger partial charge in [-0.1, -0.05) is 60.7 Å². The van der Waals surface area contributed by atoms with Gasteiger partial charge in [-0.05, 0) is 67.9 Å². The summed E-state index contributed by atoms with van der Waals surface area (Å²) in [5, 5.41) is 8.77. The smallest absolute Gasteiger partial charge is 0.303 e. The number of carboxylic acids is 1. The minimum absolute atomic E-state index is 0.0530. The van der Waals surface area contributed by atoms with Gasteiger partial charge in [0.2, 0.25) is 0 Å². The largest absolute Gasteiger partial charge is 0.493 e. The van der Waals surface area contributed by atoms with Crippen LogP contribution in [0, 0.1) is 6.92 Å². The average molecular weight is 473 g/mol. The van der Waals surface area contributed by atoms with Crippen molar-refractivity contribution in [2.75, 3.05) is 6.61 Å². The fraction of sp³-hybridized carbons (Fsp3) is 0.333. The zero-order valence-corrected chi connectivity index (χ0v) is 20.2. The average Bonchev–Trinajstić information content (AvgIpc) is 3.72. The predicted octanol–water partition coefficient (Wildman–Crippen LogP) is 6.49. The van der Waals surface area contributed by atoms with Gasteiger partial charge in [0.1, 0.15) is 5.75 Å². The number of para-hydroxylation sites is 1. The molecule has 5 nitrogen and oxygen atoms in total. The molecular weight excluding hydrogens is 438 g/mol. The topological polar surface area (TPSA) is 66.8 Å². The number of carboxylic acid groups (broad SMARTS) is 1. The van der Waals surface area contributed by atoms with E-state index >= 15 is 0 Å². The number of carbonyl (C=O) groups is 2. The Morgan fingerprint density at radius 3 is 2.43 bits per heavy atom. The number of rotatable bonds is 12. The second-order valence-electron chi connectivity index (χ2n) is 9.06. The molecule has 4 rings (SSSR count). The molecule has 1 aliphatic rings. The van der Waals surface area contributed by atoms with Crippen LogP contribution >= 0.6 is 0 Å². The lowest BCUT2D eigenvalue weighted by molar-refractivity contribution is -0.137. The molecule has 0 spiro atoms. The van der Waals surface area contributed by atoms with E-state index in [9.17, 15) is 9.59 Å². The van der Waals surface area contributed by atoms with Crippen LogP contribution in [0.2, 0.25) is 0 Å². The minimum atomic E-state index is -0.874. The van der Waals surface area contributed by atoms with Crippen LogP contribution in [0.3, 0.4) is 0 Å². The summed E-state index contributed by atoms with van der Waals surface area (Å²) in [4.78, 5) is 26.1. The monoisotopic (exact) mass is 472 g/mol. The molecule has 0 aliphatic heterocycles. The number of amides is 1. The van der Waals surface area contributed by atoms with Crippen molar-refractivity contribution < 1.29 is 20.8 Å². The van der Waals surface area contributed by atoms with Gasteiger partial charge in [-0.15, -0.1) is 0 Å². The molecule has 182 valence electrons. The summed E-state index contributed by atoms with van der Waals surface area (Å²) in [5.41, 5.74) is 4.35. The molecule has 1 amide bonds. The van der Waals surface area contributed by atoms with Crippen LogP contribution in [0.1, 0.15) is 61.4 Å². The van der Waals surface area contributed by atoms with Crippen molar-refractivity contribution in [2.24, 2.45) is 0 Å². The van der Waals surface area contributed by atoms with Gasteiger partial charge in [-0.3, -0.25) is 9.59 Å². The summed E-state index contributed by atoms with van der Waals surface area (Å²) in [7, 11) is 0. The lowest BCUT2D eigenvalue weighted by Crippen LogP contribution is -2.33. The van der Waals surface area contributed by atoms with Gasteiger partial charge in [-0.2, -0.15) is 0 Å². The van der Waals surface area contributed by atoms with Crippen LogP contribution in [-0.2, 0) is 11.3 Å². The molecule has 0 aromatic heterocycles. The zero-order chi connectivity index (χ0) is 25.5. The molecule has 1 N–H and O–H groups in total.